The van der Waals surface area contributed by atoms with Gasteiger partial charge in [0.1, 0.15) is 0 Å². The van der Waals surface area contributed by atoms with Crippen molar-refractivity contribution in [2.45, 2.75) is 17.6 Å². The van der Waals surface area contributed by atoms with Crippen LogP contribution in [0.3, 0.4) is 0 Å². The van der Waals surface area contributed by atoms with Gasteiger partial charge in [-0.15, -0.1) is 0 Å². The van der Waals surface area contributed by atoms with E-state index in [4.69, 9.17) is 4.74 Å². The van der Waals surface area contributed by atoms with Crippen LogP contribution in [0.4, 0.5) is 13.6 Å². The number of rotatable bonds is 6. The molecule has 0 aliphatic carbocycles. The maximum Gasteiger partial charge on any atom is 0.338 e. The van der Waals surface area contributed by atoms with E-state index in [2.05, 4.69) is 5.32 Å². The first-order valence-corrected chi connectivity index (χ1v) is 7.10. The number of hydrogen-bond acceptors (Lipinski definition) is 5. The third-order valence-electron chi connectivity index (χ3n) is 2.24. The highest BCUT2D eigenvalue weighted by Gasteiger charge is 2.12. The lowest BCUT2D eigenvalue weighted by Crippen LogP contribution is -2.41. The fourth-order valence-electron chi connectivity index (χ4n) is 1.35. The Balaban J connectivity index is 2.45. The number of ether oxygens (including phenoxy) is 1. The monoisotopic (exact) mass is 332 g/mol. The molecule has 0 fully saturated rings. The number of esters is 1. The van der Waals surface area contributed by atoms with Crippen LogP contribution in [0.2, 0.25) is 0 Å². The Kier molecular flexibility index (Phi) is 7.30. The van der Waals surface area contributed by atoms with E-state index in [1.54, 1.807) is 6.92 Å². The second kappa shape index (κ2) is 8.98. The molecule has 0 radical (unpaired) electrons. The van der Waals surface area contributed by atoms with Crippen LogP contribution in [0.1, 0.15) is 17.3 Å². The van der Waals surface area contributed by atoms with E-state index in [1.807, 2.05) is 5.32 Å². The number of hydrogen-bond donors (Lipinski definition) is 2. The second-order valence-corrected chi connectivity index (χ2v) is 4.95. The number of halogens is 2. The van der Waals surface area contributed by atoms with Gasteiger partial charge in [-0.1, -0.05) is 11.8 Å². The third kappa shape index (κ3) is 6.53. The molecule has 9 heteroatoms. The molecule has 120 valence electrons. The highest BCUT2D eigenvalue weighted by atomic mass is 32.2. The van der Waals surface area contributed by atoms with Crippen LogP contribution in [0, 0.1) is 0 Å². The van der Waals surface area contributed by atoms with Gasteiger partial charge in [0, 0.05) is 11.4 Å². The average Bonchev–Trinajstić information content (AvgIpc) is 2.45. The summed E-state index contributed by atoms with van der Waals surface area (Å²) in [6.45, 7) is 1.41. The smallest absolute Gasteiger partial charge is 0.338 e. The van der Waals surface area contributed by atoms with Gasteiger partial charge in [0.15, 0.2) is 6.61 Å². The topological polar surface area (TPSA) is 84.5 Å². The van der Waals surface area contributed by atoms with E-state index < -0.39 is 30.3 Å². The van der Waals surface area contributed by atoms with E-state index in [1.165, 1.54) is 24.3 Å². The molecular formula is C13H14F2N2O4S. The Bertz CT molecular complexity index is 537. The van der Waals surface area contributed by atoms with Crippen molar-refractivity contribution >= 4 is 29.7 Å². The van der Waals surface area contributed by atoms with E-state index in [-0.39, 0.29) is 5.56 Å². The van der Waals surface area contributed by atoms with E-state index >= 15 is 0 Å². The maximum absolute atomic E-state index is 12.1. The summed E-state index contributed by atoms with van der Waals surface area (Å²) in [5, 5.41) is 4.31. The molecule has 0 unspecified atom stereocenters. The first-order valence-electron chi connectivity index (χ1n) is 6.22. The van der Waals surface area contributed by atoms with Crippen LogP contribution in [-0.2, 0) is 9.53 Å². The lowest BCUT2D eigenvalue weighted by Gasteiger charge is -2.06. The van der Waals surface area contributed by atoms with Crippen molar-refractivity contribution in [2.24, 2.45) is 0 Å². The molecule has 22 heavy (non-hydrogen) atoms. The van der Waals surface area contributed by atoms with Crippen molar-refractivity contribution in [3.63, 3.8) is 0 Å². The Morgan fingerprint density at radius 3 is 2.41 bits per heavy atom. The normalized spacial score (nSPS) is 10.2. The molecule has 1 rings (SSSR count). The SMILES string of the molecule is CCNC(=O)NC(=O)COC(=O)c1ccc(SC(F)F)cc1. The van der Waals surface area contributed by atoms with E-state index in [0.717, 1.165) is 0 Å². The zero-order chi connectivity index (χ0) is 16.5. The maximum atomic E-state index is 12.1. The van der Waals surface area contributed by atoms with Crippen LogP contribution in [0.15, 0.2) is 29.2 Å². The summed E-state index contributed by atoms with van der Waals surface area (Å²) in [7, 11) is 0. The zero-order valence-corrected chi connectivity index (χ0v) is 12.4. The molecule has 6 nitrogen and oxygen atoms in total. The summed E-state index contributed by atoms with van der Waals surface area (Å²) in [6, 6.07) is 4.64. The van der Waals surface area contributed by atoms with Crippen molar-refractivity contribution in [2.75, 3.05) is 13.2 Å². The molecule has 1 aromatic carbocycles. The predicted molar refractivity (Wildman–Crippen MR) is 75.8 cm³/mol. The van der Waals surface area contributed by atoms with Crippen molar-refractivity contribution in [3.8, 4) is 0 Å². The second-order valence-electron chi connectivity index (χ2n) is 3.89. The molecule has 0 aliphatic rings. The average molecular weight is 332 g/mol. The van der Waals surface area contributed by atoms with Crippen molar-refractivity contribution in [1.82, 2.24) is 10.6 Å². The fraction of sp³-hybridized carbons (Fsp3) is 0.308. The quantitative estimate of drug-likeness (QED) is 0.615. The fourth-order valence-corrected chi connectivity index (χ4v) is 1.85. The predicted octanol–water partition coefficient (Wildman–Crippen LogP) is 2.00. The van der Waals surface area contributed by atoms with Gasteiger partial charge >= 0.3 is 12.0 Å². The Hall–Kier alpha value is -2.16. The van der Waals surface area contributed by atoms with Gasteiger partial charge in [0.05, 0.1) is 5.56 Å². The van der Waals surface area contributed by atoms with Crippen molar-refractivity contribution < 1.29 is 27.9 Å². The highest BCUT2D eigenvalue weighted by molar-refractivity contribution is 7.99. The largest absolute Gasteiger partial charge is 0.452 e. The Labute approximate surface area is 129 Å². The molecule has 0 spiro atoms. The minimum Gasteiger partial charge on any atom is -0.452 e. The zero-order valence-electron chi connectivity index (χ0n) is 11.6. The minimum atomic E-state index is -2.55. The van der Waals surface area contributed by atoms with Crippen LogP contribution < -0.4 is 10.6 Å². The summed E-state index contributed by atoms with van der Waals surface area (Å²) >= 11 is 0.355. The van der Waals surface area contributed by atoms with Crippen molar-refractivity contribution in [3.05, 3.63) is 29.8 Å². The third-order valence-corrected chi connectivity index (χ3v) is 2.96. The molecule has 1 aromatic rings. The van der Waals surface area contributed by atoms with Crippen LogP contribution in [0.5, 0.6) is 0 Å². The lowest BCUT2D eigenvalue weighted by atomic mass is 10.2. The molecule has 0 heterocycles. The molecule has 2 N–H and O–H groups in total. The summed E-state index contributed by atoms with van der Waals surface area (Å²) in [4.78, 5) is 34.3. The van der Waals surface area contributed by atoms with Crippen LogP contribution >= 0.6 is 11.8 Å². The van der Waals surface area contributed by atoms with Gasteiger partial charge in [-0.25, -0.2) is 9.59 Å². The number of alkyl halides is 2. The van der Waals surface area contributed by atoms with Crippen molar-refractivity contribution in [1.29, 1.82) is 0 Å². The Morgan fingerprint density at radius 2 is 1.86 bits per heavy atom. The summed E-state index contributed by atoms with van der Waals surface area (Å²) in [5.41, 5.74) is 0.115. The van der Waals surface area contributed by atoms with Gasteiger partial charge in [0.25, 0.3) is 11.7 Å². The van der Waals surface area contributed by atoms with Gasteiger partial charge < -0.3 is 10.1 Å². The number of benzene rings is 1. The van der Waals surface area contributed by atoms with Gasteiger partial charge in [-0.3, -0.25) is 10.1 Å². The summed E-state index contributed by atoms with van der Waals surface area (Å²) < 4.78 is 29.0. The molecule has 3 amide bonds. The number of nitrogens with one attached hydrogen (secondary N) is 2. The molecular weight excluding hydrogens is 318 g/mol. The van der Waals surface area contributed by atoms with Gasteiger partial charge in [-0.05, 0) is 31.2 Å². The minimum absolute atomic E-state index is 0.115. The van der Waals surface area contributed by atoms with E-state index in [9.17, 15) is 23.2 Å². The van der Waals surface area contributed by atoms with Crippen LogP contribution in [0.25, 0.3) is 0 Å². The lowest BCUT2D eigenvalue weighted by molar-refractivity contribution is -0.123. The number of thioether (sulfide) groups is 1. The highest BCUT2D eigenvalue weighted by Crippen LogP contribution is 2.25. The Morgan fingerprint density at radius 1 is 1.23 bits per heavy atom. The summed E-state index contributed by atoms with van der Waals surface area (Å²) in [5.74, 6) is -4.11. The van der Waals surface area contributed by atoms with E-state index in [0.29, 0.717) is 23.2 Å². The molecule has 0 aliphatic heterocycles. The van der Waals surface area contributed by atoms with Crippen LogP contribution in [-0.4, -0.2) is 36.8 Å². The number of amides is 3. The number of carbonyl (C=O) groups excluding carboxylic acids is 3. The number of imide groups is 1. The first kappa shape index (κ1) is 17.9. The first-order chi connectivity index (χ1) is 10.4. The molecule has 0 aromatic heterocycles. The molecule has 0 bridgehead atoms. The standard InChI is InChI=1S/C13H14F2N2O4S/c1-2-16-13(20)17-10(18)7-21-11(19)8-3-5-9(6-4-8)22-12(14)15/h3-6,12H,2,7H2,1H3,(H2,16,17,18,20). The number of carbonyl (C=O) groups is 3. The van der Waals surface area contributed by atoms with Gasteiger partial charge in [-0.2, -0.15) is 8.78 Å². The van der Waals surface area contributed by atoms with Gasteiger partial charge in [0.2, 0.25) is 0 Å². The molecule has 0 atom stereocenters. The summed E-state index contributed by atoms with van der Waals surface area (Å²) in [6.07, 6.45) is 0. The molecule has 0 saturated heterocycles. The molecule has 0 saturated carbocycles. The number of urea groups is 1.